The molecule has 2 amide bonds. The number of hydrogen-bond donors (Lipinski definition) is 1. The number of carbonyl (C=O) groups excluding carboxylic acids is 3. The van der Waals surface area contributed by atoms with Crippen molar-refractivity contribution >= 4 is 23.9 Å². The summed E-state index contributed by atoms with van der Waals surface area (Å²) in [6.45, 7) is -0.125. The Labute approximate surface area is 191 Å². The molecular formula is C26H23NO6. The molecule has 0 aromatic heterocycles. The van der Waals surface area contributed by atoms with E-state index in [0.29, 0.717) is 18.1 Å². The zero-order chi connectivity index (χ0) is 23.5. The van der Waals surface area contributed by atoms with Crippen LogP contribution in [0.3, 0.4) is 0 Å². The molecule has 0 saturated heterocycles. The van der Waals surface area contributed by atoms with Crippen LogP contribution in [0, 0.1) is 0 Å². The van der Waals surface area contributed by atoms with E-state index in [0.717, 1.165) is 11.1 Å². The van der Waals surface area contributed by atoms with Crippen molar-refractivity contribution in [1.82, 2.24) is 5.32 Å². The summed E-state index contributed by atoms with van der Waals surface area (Å²) < 4.78 is 15.7. The number of carbonyl (C=O) groups is 3. The highest BCUT2D eigenvalue weighted by Crippen LogP contribution is 2.17. The third kappa shape index (κ3) is 7.36. The third-order valence-corrected chi connectivity index (χ3v) is 4.49. The van der Waals surface area contributed by atoms with Gasteiger partial charge < -0.3 is 14.2 Å². The summed E-state index contributed by atoms with van der Waals surface area (Å²) in [4.78, 5) is 36.0. The molecule has 0 aliphatic heterocycles. The number of amides is 2. The number of hydrogen-bond acceptors (Lipinski definition) is 6. The first-order chi connectivity index (χ1) is 16.0. The largest absolute Gasteiger partial charge is 0.496 e. The highest BCUT2D eigenvalue weighted by atomic mass is 16.5. The summed E-state index contributed by atoms with van der Waals surface area (Å²) in [5, 5.41) is 2.16. The van der Waals surface area contributed by atoms with Crippen molar-refractivity contribution in [3.63, 3.8) is 0 Å². The molecule has 0 aliphatic carbocycles. The molecule has 7 heteroatoms. The fourth-order valence-corrected chi connectivity index (χ4v) is 2.83. The van der Waals surface area contributed by atoms with Gasteiger partial charge in [-0.15, -0.1) is 0 Å². The van der Waals surface area contributed by atoms with Crippen LogP contribution in [-0.4, -0.2) is 31.5 Å². The number of imide groups is 1. The lowest BCUT2D eigenvalue weighted by Crippen LogP contribution is -2.34. The van der Waals surface area contributed by atoms with Crippen LogP contribution in [0.15, 0.2) is 84.9 Å². The van der Waals surface area contributed by atoms with Crippen LogP contribution in [0.1, 0.15) is 21.5 Å². The molecule has 3 aromatic carbocycles. The highest BCUT2D eigenvalue weighted by Gasteiger charge is 2.15. The molecule has 0 aliphatic rings. The molecule has 0 atom stereocenters. The summed E-state index contributed by atoms with van der Waals surface area (Å²) >= 11 is 0. The number of nitrogens with one attached hydrogen (secondary N) is 1. The SMILES string of the molecule is COc1ccccc1C(=O)NC(=O)COC(=O)/C=C/c1ccc(OCc2ccccc2)cc1. The van der Waals surface area contributed by atoms with E-state index in [1.807, 2.05) is 30.3 Å². The zero-order valence-corrected chi connectivity index (χ0v) is 18.0. The number of para-hydroxylation sites is 1. The molecule has 0 spiro atoms. The topological polar surface area (TPSA) is 90.9 Å². The van der Waals surface area contributed by atoms with Crippen molar-refractivity contribution in [3.05, 3.63) is 102 Å². The van der Waals surface area contributed by atoms with E-state index in [2.05, 4.69) is 5.32 Å². The summed E-state index contributed by atoms with van der Waals surface area (Å²) in [5.41, 5.74) is 2.03. The maximum absolute atomic E-state index is 12.2. The molecule has 0 saturated carbocycles. The van der Waals surface area contributed by atoms with E-state index >= 15 is 0 Å². The van der Waals surface area contributed by atoms with E-state index in [1.54, 1.807) is 48.5 Å². The Hall–Kier alpha value is -4.39. The normalized spacial score (nSPS) is 10.5. The lowest BCUT2D eigenvalue weighted by Gasteiger charge is -2.08. The molecule has 3 aromatic rings. The fraction of sp³-hybridized carbons (Fsp3) is 0.115. The maximum Gasteiger partial charge on any atom is 0.331 e. The first-order valence-corrected chi connectivity index (χ1v) is 10.1. The van der Waals surface area contributed by atoms with Gasteiger partial charge >= 0.3 is 5.97 Å². The predicted molar refractivity (Wildman–Crippen MR) is 123 cm³/mol. The van der Waals surface area contributed by atoms with Crippen LogP contribution in [0.2, 0.25) is 0 Å². The van der Waals surface area contributed by atoms with E-state index in [9.17, 15) is 14.4 Å². The van der Waals surface area contributed by atoms with Crippen LogP contribution in [-0.2, 0) is 20.9 Å². The van der Waals surface area contributed by atoms with E-state index in [-0.39, 0.29) is 5.56 Å². The second kappa shape index (κ2) is 11.9. The Bertz CT molecular complexity index is 1120. The first-order valence-electron chi connectivity index (χ1n) is 10.1. The molecule has 7 nitrogen and oxygen atoms in total. The molecule has 1 N–H and O–H groups in total. The molecule has 0 fully saturated rings. The monoisotopic (exact) mass is 445 g/mol. The maximum atomic E-state index is 12.2. The van der Waals surface area contributed by atoms with Gasteiger partial charge in [0.15, 0.2) is 6.61 Å². The van der Waals surface area contributed by atoms with E-state index < -0.39 is 24.4 Å². The molecule has 0 bridgehead atoms. The Morgan fingerprint density at radius 3 is 2.30 bits per heavy atom. The fourth-order valence-electron chi connectivity index (χ4n) is 2.83. The van der Waals surface area contributed by atoms with Gasteiger partial charge in [0.2, 0.25) is 0 Å². The number of ether oxygens (including phenoxy) is 3. The van der Waals surface area contributed by atoms with Crippen molar-refractivity contribution in [2.75, 3.05) is 13.7 Å². The Balaban J connectivity index is 1.43. The van der Waals surface area contributed by atoms with E-state index in [1.165, 1.54) is 19.3 Å². The van der Waals surface area contributed by atoms with Gasteiger partial charge in [-0.3, -0.25) is 14.9 Å². The third-order valence-electron chi connectivity index (χ3n) is 4.49. The molecule has 0 unspecified atom stereocenters. The summed E-state index contributed by atoms with van der Waals surface area (Å²) in [5.74, 6) is -1.06. The molecule has 0 heterocycles. The standard InChI is InChI=1S/C26H23NO6/c1-31-23-10-6-5-9-22(23)26(30)27-24(28)18-33-25(29)16-13-19-11-14-21(15-12-19)32-17-20-7-3-2-4-8-20/h2-16H,17-18H2,1H3,(H,27,28,30)/b16-13+. The molecule has 3 rings (SSSR count). The highest BCUT2D eigenvalue weighted by molar-refractivity contribution is 6.06. The van der Waals surface area contributed by atoms with Crippen molar-refractivity contribution in [1.29, 1.82) is 0 Å². The van der Waals surface area contributed by atoms with Gasteiger partial charge in [-0.1, -0.05) is 54.6 Å². The second-order valence-corrected chi connectivity index (χ2v) is 6.86. The average molecular weight is 445 g/mol. The van der Waals surface area contributed by atoms with Crippen LogP contribution < -0.4 is 14.8 Å². The Kier molecular flexibility index (Phi) is 8.36. The van der Waals surface area contributed by atoms with Crippen LogP contribution in [0.25, 0.3) is 6.08 Å². The molecule has 0 radical (unpaired) electrons. The van der Waals surface area contributed by atoms with Gasteiger partial charge in [0.05, 0.1) is 12.7 Å². The van der Waals surface area contributed by atoms with Gasteiger partial charge in [-0.25, -0.2) is 4.79 Å². The van der Waals surface area contributed by atoms with Crippen molar-refractivity contribution in [2.24, 2.45) is 0 Å². The quantitative estimate of drug-likeness (QED) is 0.398. The van der Waals surface area contributed by atoms with Gasteiger partial charge in [-0.05, 0) is 41.5 Å². The zero-order valence-electron chi connectivity index (χ0n) is 18.0. The minimum Gasteiger partial charge on any atom is -0.496 e. The van der Waals surface area contributed by atoms with Gasteiger partial charge in [0, 0.05) is 6.08 Å². The minimum absolute atomic E-state index is 0.204. The number of methoxy groups -OCH3 is 1. The van der Waals surface area contributed by atoms with Gasteiger partial charge in [-0.2, -0.15) is 0 Å². The number of rotatable bonds is 9. The lowest BCUT2D eigenvalue weighted by atomic mass is 10.2. The van der Waals surface area contributed by atoms with Gasteiger partial charge in [0.1, 0.15) is 18.1 Å². The summed E-state index contributed by atoms with van der Waals surface area (Å²) in [7, 11) is 1.42. The van der Waals surface area contributed by atoms with Crippen LogP contribution in [0.5, 0.6) is 11.5 Å². The number of benzene rings is 3. The number of esters is 1. The van der Waals surface area contributed by atoms with Crippen molar-refractivity contribution < 1.29 is 28.6 Å². The van der Waals surface area contributed by atoms with Gasteiger partial charge in [0.25, 0.3) is 11.8 Å². The summed E-state index contributed by atoms with van der Waals surface area (Å²) in [6.07, 6.45) is 2.76. The Morgan fingerprint density at radius 1 is 0.879 bits per heavy atom. The predicted octanol–water partition coefficient (Wildman–Crippen LogP) is 3.79. The minimum atomic E-state index is -0.743. The van der Waals surface area contributed by atoms with Crippen LogP contribution in [0.4, 0.5) is 0 Å². The summed E-state index contributed by atoms with van der Waals surface area (Å²) in [6, 6.07) is 23.5. The van der Waals surface area contributed by atoms with E-state index in [4.69, 9.17) is 14.2 Å². The molecule has 168 valence electrons. The van der Waals surface area contributed by atoms with Crippen LogP contribution >= 0.6 is 0 Å². The molecule has 33 heavy (non-hydrogen) atoms. The molecular weight excluding hydrogens is 422 g/mol. The lowest BCUT2D eigenvalue weighted by molar-refractivity contribution is -0.143. The smallest absolute Gasteiger partial charge is 0.331 e. The second-order valence-electron chi connectivity index (χ2n) is 6.86. The first kappa shape index (κ1) is 23.3. The van der Waals surface area contributed by atoms with Crippen molar-refractivity contribution in [3.8, 4) is 11.5 Å². The average Bonchev–Trinajstić information content (AvgIpc) is 2.86. The Morgan fingerprint density at radius 2 is 1.58 bits per heavy atom. The van der Waals surface area contributed by atoms with Crippen molar-refractivity contribution in [2.45, 2.75) is 6.61 Å².